The molecule has 0 atom stereocenters. The zero-order chi connectivity index (χ0) is 15.0. The van der Waals surface area contributed by atoms with Crippen molar-refractivity contribution in [3.05, 3.63) is 52.6 Å². The molecule has 2 aromatic rings. The third-order valence-electron chi connectivity index (χ3n) is 3.52. The van der Waals surface area contributed by atoms with Crippen LogP contribution < -0.4 is 5.32 Å². The quantitative estimate of drug-likeness (QED) is 0.854. The molecular weight excluding hydrogens is 322 g/mol. The van der Waals surface area contributed by atoms with E-state index in [1.54, 1.807) is 12.1 Å². The monoisotopic (exact) mass is 335 g/mol. The fourth-order valence-corrected chi connectivity index (χ4v) is 2.54. The number of hydrogen-bond acceptors (Lipinski definition) is 2. The Morgan fingerprint density at radius 3 is 2.50 bits per heavy atom. The molecule has 1 aliphatic rings. The molecule has 1 aliphatic heterocycles. The third-order valence-corrected chi connectivity index (χ3v) is 3.52. The van der Waals surface area contributed by atoms with Gasteiger partial charge in [0.2, 0.25) is 0 Å². The zero-order valence-electron chi connectivity index (χ0n) is 11.5. The molecule has 0 unspecified atom stereocenters. The van der Waals surface area contributed by atoms with E-state index in [0.717, 1.165) is 0 Å². The molecule has 120 valence electrons. The molecule has 8 heteroatoms. The average Bonchev–Trinajstić information content (AvgIpc) is 2.81. The van der Waals surface area contributed by atoms with Crippen LogP contribution in [-0.2, 0) is 25.7 Å². The Labute approximate surface area is 130 Å². The Hall–Kier alpha value is -1.60. The summed E-state index contributed by atoms with van der Waals surface area (Å²) in [6.45, 7) is 1.07. The highest BCUT2D eigenvalue weighted by molar-refractivity contribution is 5.85. The smallest absolute Gasteiger partial charge is 0.311 e. The standard InChI is InChI=1S/C14H13F4N3.ClH/c15-10-3-1-9(2-4-10)8-21-12-7-19-6-5-11(12)13(20-21)14(16,17)18;/h1-4,19H,5-8H2;1H. The van der Waals surface area contributed by atoms with Crippen molar-refractivity contribution in [2.75, 3.05) is 6.54 Å². The van der Waals surface area contributed by atoms with Crippen LogP contribution in [0.3, 0.4) is 0 Å². The summed E-state index contributed by atoms with van der Waals surface area (Å²) in [6.07, 6.45) is -4.14. The predicted molar refractivity (Wildman–Crippen MR) is 75.4 cm³/mol. The van der Waals surface area contributed by atoms with Crippen LogP contribution in [0.1, 0.15) is 22.5 Å². The normalized spacial score (nSPS) is 14.4. The second-order valence-electron chi connectivity index (χ2n) is 4.98. The number of rotatable bonds is 2. The van der Waals surface area contributed by atoms with Gasteiger partial charge in [0.05, 0.1) is 12.2 Å². The van der Waals surface area contributed by atoms with Gasteiger partial charge in [-0.15, -0.1) is 12.4 Å². The molecule has 22 heavy (non-hydrogen) atoms. The predicted octanol–water partition coefficient (Wildman–Crippen LogP) is 3.16. The lowest BCUT2D eigenvalue weighted by atomic mass is 10.1. The molecule has 3 rings (SSSR count). The lowest BCUT2D eigenvalue weighted by Gasteiger charge is -2.16. The van der Waals surface area contributed by atoms with Crippen LogP contribution in [-0.4, -0.2) is 16.3 Å². The molecule has 0 fully saturated rings. The topological polar surface area (TPSA) is 29.9 Å². The van der Waals surface area contributed by atoms with Crippen molar-refractivity contribution in [2.24, 2.45) is 0 Å². The van der Waals surface area contributed by atoms with Crippen LogP contribution >= 0.6 is 12.4 Å². The molecule has 0 aliphatic carbocycles. The van der Waals surface area contributed by atoms with Crippen LogP contribution in [0.15, 0.2) is 24.3 Å². The summed E-state index contributed by atoms with van der Waals surface area (Å²) in [5.74, 6) is -0.376. The number of alkyl halides is 3. The Balaban J connectivity index is 0.00000176. The molecule has 0 saturated carbocycles. The van der Waals surface area contributed by atoms with Crippen molar-refractivity contribution < 1.29 is 17.6 Å². The fourth-order valence-electron chi connectivity index (χ4n) is 2.54. The summed E-state index contributed by atoms with van der Waals surface area (Å²) < 4.78 is 53.3. The summed E-state index contributed by atoms with van der Waals surface area (Å²) in [6, 6.07) is 5.67. The maximum Gasteiger partial charge on any atom is 0.435 e. The van der Waals surface area contributed by atoms with Gasteiger partial charge in [-0.3, -0.25) is 4.68 Å². The SMILES string of the molecule is Cl.Fc1ccc(Cn2nc(C(F)(F)F)c3c2CNCC3)cc1. The Morgan fingerprint density at radius 1 is 1.18 bits per heavy atom. The largest absolute Gasteiger partial charge is 0.435 e. The molecule has 1 N–H and O–H groups in total. The van der Waals surface area contributed by atoms with E-state index in [9.17, 15) is 17.6 Å². The summed E-state index contributed by atoms with van der Waals surface area (Å²) in [5, 5.41) is 6.79. The zero-order valence-corrected chi connectivity index (χ0v) is 12.3. The minimum atomic E-state index is -4.45. The van der Waals surface area contributed by atoms with Gasteiger partial charge in [0.15, 0.2) is 5.69 Å². The number of nitrogens with one attached hydrogen (secondary N) is 1. The van der Waals surface area contributed by atoms with Crippen LogP contribution in [0.2, 0.25) is 0 Å². The summed E-state index contributed by atoms with van der Waals surface area (Å²) in [4.78, 5) is 0. The second kappa shape index (κ2) is 6.26. The van der Waals surface area contributed by atoms with Crippen molar-refractivity contribution in [1.82, 2.24) is 15.1 Å². The molecular formula is C14H14ClF4N3. The van der Waals surface area contributed by atoms with E-state index in [-0.39, 0.29) is 30.3 Å². The van der Waals surface area contributed by atoms with E-state index in [4.69, 9.17) is 0 Å². The first-order chi connectivity index (χ1) is 9.95. The van der Waals surface area contributed by atoms with Gasteiger partial charge in [0.25, 0.3) is 0 Å². The first-order valence-corrected chi connectivity index (χ1v) is 6.56. The van der Waals surface area contributed by atoms with Gasteiger partial charge in [0.1, 0.15) is 5.82 Å². The number of aromatic nitrogens is 2. The van der Waals surface area contributed by atoms with Crippen molar-refractivity contribution in [1.29, 1.82) is 0 Å². The molecule has 0 spiro atoms. The number of halogens is 5. The third kappa shape index (κ3) is 3.25. The number of benzene rings is 1. The molecule has 1 aromatic heterocycles. The van der Waals surface area contributed by atoms with Crippen molar-refractivity contribution in [2.45, 2.75) is 25.7 Å². The maximum absolute atomic E-state index is 13.0. The minimum Gasteiger partial charge on any atom is -0.311 e. The molecule has 0 saturated heterocycles. The average molecular weight is 336 g/mol. The first kappa shape index (κ1) is 16.8. The molecule has 2 heterocycles. The van der Waals surface area contributed by atoms with Crippen LogP contribution in [0, 0.1) is 5.82 Å². The van der Waals surface area contributed by atoms with Crippen LogP contribution in [0.5, 0.6) is 0 Å². The summed E-state index contributed by atoms with van der Waals surface area (Å²) in [7, 11) is 0. The fraction of sp³-hybridized carbons (Fsp3) is 0.357. The van der Waals surface area contributed by atoms with Gasteiger partial charge >= 0.3 is 6.18 Å². The molecule has 0 radical (unpaired) electrons. The molecule has 3 nitrogen and oxygen atoms in total. The van der Waals surface area contributed by atoms with E-state index < -0.39 is 11.9 Å². The van der Waals surface area contributed by atoms with E-state index in [1.807, 2.05) is 0 Å². The van der Waals surface area contributed by atoms with Crippen LogP contribution in [0.25, 0.3) is 0 Å². The van der Waals surface area contributed by atoms with Gasteiger partial charge in [-0.25, -0.2) is 4.39 Å². The van der Waals surface area contributed by atoms with Gasteiger partial charge in [-0.1, -0.05) is 12.1 Å². The molecule has 0 bridgehead atoms. The summed E-state index contributed by atoms with van der Waals surface area (Å²) >= 11 is 0. The second-order valence-corrected chi connectivity index (χ2v) is 4.98. The number of nitrogens with zero attached hydrogens (tertiary/aromatic N) is 2. The first-order valence-electron chi connectivity index (χ1n) is 6.56. The van der Waals surface area contributed by atoms with Crippen LogP contribution in [0.4, 0.5) is 17.6 Å². The molecule has 1 aromatic carbocycles. The maximum atomic E-state index is 13.0. The lowest BCUT2D eigenvalue weighted by Crippen LogP contribution is -2.26. The van der Waals surface area contributed by atoms with Gasteiger partial charge in [-0.05, 0) is 30.7 Å². The van der Waals surface area contributed by atoms with E-state index in [1.165, 1.54) is 16.8 Å². The summed E-state index contributed by atoms with van der Waals surface area (Å²) in [5.41, 5.74) is 0.725. The van der Waals surface area contributed by atoms with Crippen molar-refractivity contribution in [3.8, 4) is 0 Å². The Bertz CT molecular complexity index is 649. The van der Waals surface area contributed by atoms with E-state index >= 15 is 0 Å². The minimum absolute atomic E-state index is 0. The van der Waals surface area contributed by atoms with Gasteiger partial charge in [-0.2, -0.15) is 18.3 Å². The van der Waals surface area contributed by atoms with Gasteiger partial charge < -0.3 is 5.32 Å². The number of hydrogen-bond donors (Lipinski definition) is 1. The van der Waals surface area contributed by atoms with E-state index in [2.05, 4.69) is 10.4 Å². The van der Waals surface area contributed by atoms with Crippen molar-refractivity contribution >= 4 is 12.4 Å². The van der Waals surface area contributed by atoms with Crippen molar-refractivity contribution in [3.63, 3.8) is 0 Å². The Kier molecular flexibility index (Phi) is 4.77. The highest BCUT2D eigenvalue weighted by Crippen LogP contribution is 2.34. The van der Waals surface area contributed by atoms with Gasteiger partial charge in [0, 0.05) is 12.1 Å². The highest BCUT2D eigenvalue weighted by atomic mass is 35.5. The van der Waals surface area contributed by atoms with E-state index in [0.29, 0.717) is 30.8 Å². The Morgan fingerprint density at radius 2 is 1.86 bits per heavy atom. The highest BCUT2D eigenvalue weighted by Gasteiger charge is 2.39. The molecule has 0 amide bonds. The lowest BCUT2D eigenvalue weighted by molar-refractivity contribution is -0.142. The number of fused-ring (bicyclic) bond motifs is 1.